The van der Waals surface area contributed by atoms with E-state index in [1.807, 2.05) is 47.2 Å². The van der Waals surface area contributed by atoms with E-state index >= 15 is 0 Å². The fourth-order valence-corrected chi connectivity index (χ4v) is 15.5. The lowest BCUT2D eigenvalue weighted by Gasteiger charge is -2.10. The Bertz CT molecular complexity index is 6050. The van der Waals surface area contributed by atoms with Gasteiger partial charge in [0, 0.05) is 62.2 Å². The number of aromatic nitrogens is 4. The molecular weight excluding hydrogens is 1110 g/mol. The molecule has 0 aliphatic rings. The van der Waals surface area contributed by atoms with Crippen molar-refractivity contribution in [1.82, 2.24) is 19.9 Å². The summed E-state index contributed by atoms with van der Waals surface area (Å²) in [5.41, 5.74) is 17.4. The molecule has 0 aliphatic carbocycles. The van der Waals surface area contributed by atoms with Gasteiger partial charge in [-0.3, -0.25) is 0 Å². The Morgan fingerprint density at radius 2 is 0.716 bits per heavy atom. The Morgan fingerprint density at radius 1 is 0.261 bits per heavy atom. The molecule has 410 valence electrons. The molecule has 0 spiro atoms. The van der Waals surface area contributed by atoms with Crippen molar-refractivity contribution >= 4 is 140 Å². The highest BCUT2D eigenvalue weighted by molar-refractivity contribution is 7.26. The minimum Gasteiger partial charge on any atom is -0.436 e. The number of rotatable bonds is 6. The molecule has 0 bridgehead atoms. The van der Waals surface area contributed by atoms with E-state index in [0.717, 1.165) is 83.1 Å². The van der Waals surface area contributed by atoms with Gasteiger partial charge in [0.15, 0.2) is 0 Å². The molecular formula is C80H46N4O2S2. The number of thiophene rings is 2. The fraction of sp³-hybridized carbons (Fsp3) is 0. The van der Waals surface area contributed by atoms with Crippen molar-refractivity contribution in [3.05, 3.63) is 279 Å². The summed E-state index contributed by atoms with van der Waals surface area (Å²) in [5.74, 6) is 0. The van der Waals surface area contributed by atoms with E-state index in [9.17, 15) is 0 Å². The van der Waals surface area contributed by atoms with Crippen LogP contribution < -0.4 is 0 Å². The lowest BCUT2D eigenvalue weighted by molar-refractivity contribution is 0.653. The second kappa shape index (κ2) is 20.2. The smallest absolute Gasteiger partial charge is 0.246 e. The van der Waals surface area contributed by atoms with Gasteiger partial charge in [0.25, 0.3) is 0 Å². The van der Waals surface area contributed by atoms with Crippen LogP contribution in [0.25, 0.3) is 184 Å². The summed E-state index contributed by atoms with van der Waals surface area (Å²) in [6, 6.07) is 94.7. The third-order valence-corrected chi connectivity index (χ3v) is 19.7. The summed E-state index contributed by atoms with van der Waals surface area (Å²) in [5, 5.41) is 14.3. The van der Waals surface area contributed by atoms with E-state index in [1.54, 1.807) is 0 Å². The molecule has 0 atom stereocenters. The van der Waals surface area contributed by atoms with Crippen LogP contribution in [0.15, 0.2) is 288 Å². The van der Waals surface area contributed by atoms with Gasteiger partial charge in [0.05, 0.1) is 23.8 Å². The molecule has 0 aliphatic heterocycles. The van der Waals surface area contributed by atoms with Crippen molar-refractivity contribution in [2.75, 3.05) is 0 Å². The minimum atomic E-state index is 0.548. The van der Waals surface area contributed by atoms with Crippen molar-refractivity contribution in [3.8, 4) is 67.0 Å². The highest BCUT2D eigenvalue weighted by atomic mass is 32.1. The lowest BCUT2D eigenvalue weighted by Crippen LogP contribution is -1.89. The first kappa shape index (κ1) is 50.2. The van der Waals surface area contributed by atoms with Gasteiger partial charge < -0.3 is 8.83 Å². The molecule has 0 saturated heterocycles. The van der Waals surface area contributed by atoms with Crippen molar-refractivity contribution in [3.63, 3.8) is 0 Å². The third-order valence-electron chi connectivity index (χ3n) is 17.3. The van der Waals surface area contributed by atoms with Crippen molar-refractivity contribution in [1.29, 1.82) is 0 Å². The quantitative estimate of drug-likeness (QED) is 0.154. The van der Waals surface area contributed by atoms with Crippen molar-refractivity contribution in [2.45, 2.75) is 0 Å². The fourth-order valence-electron chi connectivity index (χ4n) is 13.0. The topological polar surface area (TPSA) is 77.8 Å². The van der Waals surface area contributed by atoms with Gasteiger partial charge >= 0.3 is 0 Å². The first-order valence-corrected chi connectivity index (χ1v) is 31.0. The van der Waals surface area contributed by atoms with E-state index in [1.165, 1.54) is 89.5 Å². The average Bonchev–Trinajstić information content (AvgIpc) is 2.08. The molecule has 8 heteroatoms. The molecule has 0 radical (unpaired) electrons. The predicted octanol–water partition coefficient (Wildman–Crippen LogP) is 22.9. The van der Waals surface area contributed by atoms with Crippen LogP contribution in [-0.4, -0.2) is 19.9 Å². The first-order chi connectivity index (χ1) is 43.6. The third kappa shape index (κ3) is 8.37. The summed E-state index contributed by atoms with van der Waals surface area (Å²) in [7, 11) is 0. The number of hydrogen-bond acceptors (Lipinski definition) is 8. The molecule has 6 nitrogen and oxygen atoms in total. The number of benzene rings is 13. The van der Waals surface area contributed by atoms with E-state index in [4.69, 9.17) is 28.8 Å². The molecule has 0 N–H and O–H groups in total. The van der Waals surface area contributed by atoms with Crippen LogP contribution in [-0.2, 0) is 0 Å². The van der Waals surface area contributed by atoms with Crippen LogP contribution in [0.4, 0.5) is 0 Å². The highest BCUT2D eigenvalue weighted by Crippen LogP contribution is 2.44. The normalized spacial score (nSPS) is 11.9. The highest BCUT2D eigenvalue weighted by Gasteiger charge is 2.19. The Morgan fingerprint density at radius 3 is 1.33 bits per heavy atom. The molecule has 6 heterocycles. The maximum absolute atomic E-state index is 6.30. The molecule has 0 saturated carbocycles. The van der Waals surface area contributed by atoms with E-state index in [0.29, 0.717) is 11.4 Å². The summed E-state index contributed by atoms with van der Waals surface area (Å²) in [6.45, 7) is 0. The standard InChI is InChI=1S/C42H24N2OS.C38H22N2OS/c1-2-12-29-28(9-1)23-35(32-14-4-3-13-31(29)32)37-24-43-40-36-22-26(19-20-38(36)45-42(40)44-37)25-10-7-11-27(21-25)30-16-8-17-34-33-15-5-6-18-39(33)46-41(30)34;1-2-8-24-20-28(16-15-23(24)7-1)33-22-39-36-32-21-26(17-18-34(32)41-38(36)40-33)25-9-5-10-27(19-25)29-12-6-13-31-30-11-3-4-14-35(30)42-37(29)31/h1-24H;1-22H. The van der Waals surface area contributed by atoms with Gasteiger partial charge in [0.1, 0.15) is 22.2 Å². The molecule has 19 rings (SSSR count). The Kier molecular flexibility index (Phi) is 11.5. The maximum Gasteiger partial charge on any atom is 0.246 e. The second-order valence-corrected chi connectivity index (χ2v) is 24.5. The van der Waals surface area contributed by atoms with Crippen LogP contribution in [0.3, 0.4) is 0 Å². The summed E-state index contributed by atoms with van der Waals surface area (Å²) < 4.78 is 17.8. The predicted molar refractivity (Wildman–Crippen MR) is 370 cm³/mol. The number of furan rings is 2. The molecule has 0 fully saturated rings. The zero-order valence-electron chi connectivity index (χ0n) is 47.0. The van der Waals surface area contributed by atoms with Gasteiger partial charge in [-0.1, -0.05) is 206 Å². The monoisotopic (exact) mass is 1160 g/mol. The van der Waals surface area contributed by atoms with Gasteiger partial charge in [-0.05, 0) is 137 Å². The van der Waals surface area contributed by atoms with E-state index < -0.39 is 0 Å². The SMILES string of the molecule is c1cc(-c2ccc3oc4nc(-c5cc6ccccc6c6ccccc56)cnc4c3c2)cc(-c2cccc3c2sc2ccccc23)c1.c1cc(-c2ccc3oc4nc(-c5ccc6ccccc6c5)cnc4c3c2)cc(-c2cccc3c2sc2ccccc23)c1. The van der Waals surface area contributed by atoms with Gasteiger partial charge in [-0.25, -0.2) is 19.9 Å². The average molecular weight is 1160 g/mol. The maximum atomic E-state index is 6.30. The van der Waals surface area contributed by atoms with Gasteiger partial charge in [-0.2, -0.15) is 0 Å². The Balaban J connectivity index is 0.000000132. The zero-order chi connectivity index (χ0) is 57.8. The van der Waals surface area contributed by atoms with Gasteiger partial charge in [0.2, 0.25) is 11.4 Å². The Hall–Kier alpha value is -11.2. The second-order valence-electron chi connectivity index (χ2n) is 22.4. The molecule has 13 aromatic carbocycles. The zero-order valence-corrected chi connectivity index (χ0v) is 48.6. The summed E-state index contributed by atoms with van der Waals surface area (Å²) >= 11 is 3.72. The lowest BCUT2D eigenvalue weighted by atomic mass is 9.96. The molecule has 6 aromatic heterocycles. The van der Waals surface area contributed by atoms with E-state index in [-0.39, 0.29) is 0 Å². The first-order valence-electron chi connectivity index (χ1n) is 29.4. The van der Waals surface area contributed by atoms with Gasteiger partial charge in [-0.15, -0.1) is 22.7 Å². The largest absolute Gasteiger partial charge is 0.436 e. The Labute approximate surface area is 511 Å². The van der Waals surface area contributed by atoms with E-state index in [2.05, 4.69) is 255 Å². The number of fused-ring (bicyclic) bond motifs is 16. The number of hydrogen-bond donors (Lipinski definition) is 0. The minimum absolute atomic E-state index is 0.548. The van der Waals surface area contributed by atoms with Crippen LogP contribution in [0, 0.1) is 0 Å². The summed E-state index contributed by atoms with van der Waals surface area (Å²) in [6.07, 6.45) is 3.73. The van der Waals surface area contributed by atoms with Crippen LogP contribution in [0.1, 0.15) is 0 Å². The molecule has 19 aromatic rings. The van der Waals surface area contributed by atoms with Crippen LogP contribution >= 0.6 is 22.7 Å². The number of nitrogens with zero attached hydrogens (tertiary/aromatic N) is 4. The van der Waals surface area contributed by atoms with Crippen LogP contribution in [0.2, 0.25) is 0 Å². The molecule has 88 heavy (non-hydrogen) atoms. The summed E-state index contributed by atoms with van der Waals surface area (Å²) in [4.78, 5) is 19.6. The van der Waals surface area contributed by atoms with Crippen molar-refractivity contribution in [2.24, 2.45) is 0 Å². The molecule has 0 unspecified atom stereocenters. The van der Waals surface area contributed by atoms with Crippen molar-refractivity contribution < 1.29 is 8.83 Å². The molecule has 0 amide bonds. The van der Waals surface area contributed by atoms with Crippen LogP contribution in [0.5, 0.6) is 0 Å².